The van der Waals surface area contributed by atoms with Crippen LogP contribution in [0.2, 0.25) is 0 Å². The van der Waals surface area contributed by atoms with Crippen molar-refractivity contribution >= 4 is 0 Å². The van der Waals surface area contributed by atoms with E-state index in [-0.39, 0.29) is 6.10 Å². The summed E-state index contributed by atoms with van der Waals surface area (Å²) in [7, 11) is 0. The third-order valence-electron chi connectivity index (χ3n) is 10.7. The highest BCUT2D eigenvalue weighted by Gasteiger charge is 2.62. The lowest BCUT2D eigenvalue weighted by molar-refractivity contribution is -0.115. The van der Waals surface area contributed by atoms with E-state index in [0.717, 1.165) is 36.0 Å². The molecule has 4 saturated carbocycles. The van der Waals surface area contributed by atoms with Crippen LogP contribution in [-0.2, 0) is 0 Å². The maximum atomic E-state index is 11.3. The second-order valence-corrected chi connectivity index (χ2v) is 12.6. The molecule has 0 aromatic rings. The number of rotatable bonds is 5. The molecule has 28 heavy (non-hydrogen) atoms. The standard InChI is InChI=1S/C27H48O/c1-18(2)9-8-10-19(3)25-24(28)17-23-21-13-12-20-11-6-7-15-26(20,4)22(21)14-16-27(23,25)5/h18-25,28H,6-17H2,1-5H3. The molecular weight excluding hydrogens is 340 g/mol. The predicted octanol–water partition coefficient (Wildman–Crippen LogP) is 7.47. The molecule has 162 valence electrons. The first kappa shape index (κ1) is 21.2. The van der Waals surface area contributed by atoms with Crippen LogP contribution in [0.1, 0.15) is 112 Å². The fourth-order valence-corrected chi connectivity index (χ4v) is 9.40. The van der Waals surface area contributed by atoms with Gasteiger partial charge in [0.15, 0.2) is 0 Å². The molecule has 9 atom stereocenters. The molecule has 0 amide bonds. The zero-order valence-electron chi connectivity index (χ0n) is 19.6. The molecule has 4 rings (SSSR count). The molecule has 1 heteroatoms. The molecule has 0 spiro atoms. The Balaban J connectivity index is 1.51. The maximum Gasteiger partial charge on any atom is 0.0579 e. The van der Waals surface area contributed by atoms with Crippen LogP contribution in [0.25, 0.3) is 0 Å². The highest BCUT2D eigenvalue weighted by Crippen LogP contribution is 2.68. The van der Waals surface area contributed by atoms with Gasteiger partial charge in [-0.15, -0.1) is 0 Å². The van der Waals surface area contributed by atoms with Crippen molar-refractivity contribution in [1.29, 1.82) is 0 Å². The average molecular weight is 389 g/mol. The summed E-state index contributed by atoms with van der Waals surface area (Å²) in [6.45, 7) is 12.4. The second-order valence-electron chi connectivity index (χ2n) is 12.6. The summed E-state index contributed by atoms with van der Waals surface area (Å²) in [5.74, 6) is 5.69. The van der Waals surface area contributed by atoms with Gasteiger partial charge in [0, 0.05) is 0 Å². The Morgan fingerprint density at radius 3 is 2.39 bits per heavy atom. The minimum Gasteiger partial charge on any atom is -0.393 e. The first-order chi connectivity index (χ1) is 13.3. The van der Waals surface area contributed by atoms with Crippen LogP contribution in [0.5, 0.6) is 0 Å². The summed E-state index contributed by atoms with van der Waals surface area (Å²) in [5.41, 5.74) is 1.02. The molecular formula is C27H48O. The minimum absolute atomic E-state index is 0.0420. The van der Waals surface area contributed by atoms with Crippen LogP contribution in [0.15, 0.2) is 0 Å². The van der Waals surface area contributed by atoms with Crippen LogP contribution in [0.3, 0.4) is 0 Å². The summed E-state index contributed by atoms with van der Waals surface area (Å²) in [6.07, 6.45) is 16.8. The highest BCUT2D eigenvalue weighted by molar-refractivity contribution is 5.11. The van der Waals surface area contributed by atoms with Gasteiger partial charge in [-0.05, 0) is 97.2 Å². The van der Waals surface area contributed by atoms with Crippen LogP contribution < -0.4 is 0 Å². The van der Waals surface area contributed by atoms with E-state index < -0.39 is 0 Å². The van der Waals surface area contributed by atoms with Crippen molar-refractivity contribution in [3.05, 3.63) is 0 Å². The van der Waals surface area contributed by atoms with Crippen molar-refractivity contribution in [3.8, 4) is 0 Å². The van der Waals surface area contributed by atoms with Crippen LogP contribution in [0, 0.1) is 52.3 Å². The summed E-state index contributed by atoms with van der Waals surface area (Å²) in [4.78, 5) is 0. The number of hydrogen-bond acceptors (Lipinski definition) is 1. The normalized spacial score (nSPS) is 49.4. The smallest absolute Gasteiger partial charge is 0.0579 e. The molecule has 9 unspecified atom stereocenters. The van der Waals surface area contributed by atoms with Crippen LogP contribution >= 0.6 is 0 Å². The van der Waals surface area contributed by atoms with Crippen LogP contribution in [-0.4, -0.2) is 11.2 Å². The summed E-state index contributed by atoms with van der Waals surface area (Å²) < 4.78 is 0. The number of aliphatic hydroxyl groups excluding tert-OH is 1. The summed E-state index contributed by atoms with van der Waals surface area (Å²) >= 11 is 0. The lowest BCUT2D eigenvalue weighted by Crippen LogP contribution is -2.53. The van der Waals surface area contributed by atoms with E-state index >= 15 is 0 Å². The van der Waals surface area contributed by atoms with Gasteiger partial charge in [0.1, 0.15) is 0 Å². The van der Waals surface area contributed by atoms with Gasteiger partial charge in [-0.2, -0.15) is 0 Å². The van der Waals surface area contributed by atoms with E-state index in [9.17, 15) is 5.11 Å². The lowest BCUT2D eigenvalue weighted by Gasteiger charge is -2.60. The SMILES string of the molecule is CC(C)CCCC(C)C1C(O)CC2C3CCC4CCCCC4(C)C3CCC21C. The van der Waals surface area contributed by atoms with E-state index in [1.54, 1.807) is 0 Å². The third kappa shape index (κ3) is 3.40. The van der Waals surface area contributed by atoms with E-state index in [4.69, 9.17) is 0 Å². The quantitative estimate of drug-likeness (QED) is 0.518. The molecule has 0 aromatic carbocycles. The fourth-order valence-electron chi connectivity index (χ4n) is 9.40. The van der Waals surface area contributed by atoms with Gasteiger partial charge in [-0.1, -0.05) is 66.7 Å². The molecule has 4 aliphatic carbocycles. The van der Waals surface area contributed by atoms with Crippen molar-refractivity contribution < 1.29 is 5.11 Å². The van der Waals surface area contributed by atoms with E-state index in [1.165, 1.54) is 70.6 Å². The third-order valence-corrected chi connectivity index (χ3v) is 10.7. The Labute approximate surface area is 175 Å². The topological polar surface area (TPSA) is 20.2 Å². The Kier molecular flexibility index (Phi) is 5.98. The van der Waals surface area contributed by atoms with Crippen LogP contribution in [0.4, 0.5) is 0 Å². The largest absolute Gasteiger partial charge is 0.393 e. The molecule has 1 N–H and O–H groups in total. The van der Waals surface area contributed by atoms with Crippen molar-refractivity contribution in [2.75, 3.05) is 0 Å². The van der Waals surface area contributed by atoms with Gasteiger partial charge < -0.3 is 5.11 Å². The molecule has 1 nitrogen and oxygen atoms in total. The molecule has 4 aliphatic rings. The van der Waals surface area contributed by atoms with Gasteiger partial charge in [-0.25, -0.2) is 0 Å². The van der Waals surface area contributed by atoms with Gasteiger partial charge in [-0.3, -0.25) is 0 Å². The molecule has 0 saturated heterocycles. The van der Waals surface area contributed by atoms with Gasteiger partial charge in [0.05, 0.1) is 6.10 Å². The average Bonchev–Trinajstić information content (AvgIpc) is 2.91. The number of fused-ring (bicyclic) bond motifs is 5. The fraction of sp³-hybridized carbons (Fsp3) is 1.00. The van der Waals surface area contributed by atoms with E-state index in [2.05, 4.69) is 34.6 Å². The molecule has 4 fully saturated rings. The van der Waals surface area contributed by atoms with Crippen molar-refractivity contribution in [3.63, 3.8) is 0 Å². The molecule has 0 heterocycles. The van der Waals surface area contributed by atoms with Gasteiger partial charge in [0.25, 0.3) is 0 Å². The highest BCUT2D eigenvalue weighted by atomic mass is 16.3. The van der Waals surface area contributed by atoms with Crippen molar-refractivity contribution in [1.82, 2.24) is 0 Å². The van der Waals surface area contributed by atoms with E-state index in [1.807, 2.05) is 0 Å². The first-order valence-electron chi connectivity index (χ1n) is 13.0. The number of aliphatic hydroxyl groups is 1. The first-order valence-corrected chi connectivity index (χ1v) is 13.0. The Hall–Kier alpha value is -0.0400. The second kappa shape index (κ2) is 7.90. The summed E-state index contributed by atoms with van der Waals surface area (Å²) in [6, 6.07) is 0. The lowest BCUT2D eigenvalue weighted by atomic mass is 9.44. The molecule has 0 radical (unpaired) electrons. The minimum atomic E-state index is -0.0420. The van der Waals surface area contributed by atoms with Gasteiger partial charge >= 0.3 is 0 Å². The Morgan fingerprint density at radius 2 is 1.64 bits per heavy atom. The van der Waals surface area contributed by atoms with Crippen molar-refractivity contribution in [2.24, 2.45) is 52.3 Å². The summed E-state index contributed by atoms with van der Waals surface area (Å²) in [5, 5.41) is 11.3. The molecule has 0 aliphatic heterocycles. The van der Waals surface area contributed by atoms with E-state index in [0.29, 0.717) is 22.7 Å². The Morgan fingerprint density at radius 1 is 0.857 bits per heavy atom. The van der Waals surface area contributed by atoms with Crippen molar-refractivity contribution in [2.45, 2.75) is 118 Å². The number of hydrogen-bond donors (Lipinski definition) is 1. The molecule has 0 bridgehead atoms. The maximum absolute atomic E-state index is 11.3. The molecule has 0 aromatic heterocycles. The zero-order chi connectivity index (χ0) is 20.1. The van der Waals surface area contributed by atoms with Gasteiger partial charge in [0.2, 0.25) is 0 Å². The zero-order valence-corrected chi connectivity index (χ0v) is 19.6. The monoisotopic (exact) mass is 388 g/mol. The Bertz CT molecular complexity index is 540. The predicted molar refractivity (Wildman–Crippen MR) is 119 cm³/mol.